The third-order valence-electron chi connectivity index (χ3n) is 6.38. The van der Waals surface area contributed by atoms with Gasteiger partial charge in [-0.25, -0.2) is 0 Å². The van der Waals surface area contributed by atoms with Crippen LogP contribution in [0.4, 0.5) is 5.69 Å². The van der Waals surface area contributed by atoms with Gasteiger partial charge in [0.2, 0.25) is 11.8 Å². The molecule has 35 heavy (non-hydrogen) atoms. The topological polar surface area (TPSA) is 69.7 Å². The lowest BCUT2D eigenvalue weighted by Gasteiger charge is -2.29. The highest BCUT2D eigenvalue weighted by atomic mass is 79.9. The second kappa shape index (κ2) is 11.0. The molecule has 0 spiro atoms. The molecule has 0 aliphatic carbocycles. The Kier molecular flexibility index (Phi) is 7.86. The van der Waals surface area contributed by atoms with E-state index in [4.69, 9.17) is 0 Å². The Morgan fingerprint density at radius 1 is 1.09 bits per heavy atom. The molecule has 1 unspecified atom stereocenters. The van der Waals surface area contributed by atoms with Gasteiger partial charge >= 0.3 is 0 Å². The minimum absolute atomic E-state index is 0.0254. The predicted molar refractivity (Wildman–Crippen MR) is 142 cm³/mol. The van der Waals surface area contributed by atoms with Crippen LogP contribution in [0, 0.1) is 0 Å². The molecule has 0 radical (unpaired) electrons. The molecule has 1 N–H and O–H groups in total. The van der Waals surface area contributed by atoms with Crippen molar-refractivity contribution in [1.82, 2.24) is 10.2 Å². The lowest BCUT2D eigenvalue weighted by Crippen LogP contribution is -2.47. The van der Waals surface area contributed by atoms with Crippen LogP contribution in [0.25, 0.3) is 10.8 Å². The first-order valence-electron chi connectivity index (χ1n) is 12.1. The van der Waals surface area contributed by atoms with Gasteiger partial charge in [-0.1, -0.05) is 59.3 Å². The summed E-state index contributed by atoms with van der Waals surface area (Å²) >= 11 is 3.48. The van der Waals surface area contributed by atoms with Crippen LogP contribution in [0.1, 0.15) is 49.0 Å². The summed E-state index contributed by atoms with van der Waals surface area (Å²) in [6, 6.07) is 18.8. The third-order valence-corrected chi connectivity index (χ3v) is 6.87. The molecule has 1 aliphatic heterocycles. The van der Waals surface area contributed by atoms with Crippen molar-refractivity contribution in [1.29, 1.82) is 0 Å². The summed E-state index contributed by atoms with van der Waals surface area (Å²) in [5.74, 6) is -0.291. The fourth-order valence-electron chi connectivity index (χ4n) is 4.54. The molecule has 182 valence electrons. The molecule has 4 rings (SSSR count). The number of carbonyl (C=O) groups excluding carboxylic acids is 3. The molecule has 1 heterocycles. The standard InChI is InChI=1S/C28H30BrN3O3/c1-3-15-30-27(34)19(2)32(18-20-8-4-11-22(29)17-20)25(33)14-7-16-31-24-13-6-10-21-9-5-12-23(26(21)24)28(31)35/h4-6,8-13,17,19H,3,7,14-16,18H2,1-2H3,(H,30,34). The largest absolute Gasteiger partial charge is 0.354 e. The number of hydrogen-bond acceptors (Lipinski definition) is 3. The van der Waals surface area contributed by atoms with E-state index in [-0.39, 0.29) is 24.1 Å². The Bertz CT molecular complexity index is 1250. The lowest BCUT2D eigenvalue weighted by atomic mass is 10.1. The fourth-order valence-corrected chi connectivity index (χ4v) is 4.99. The minimum Gasteiger partial charge on any atom is -0.354 e. The van der Waals surface area contributed by atoms with E-state index < -0.39 is 6.04 Å². The zero-order valence-corrected chi connectivity index (χ0v) is 21.7. The van der Waals surface area contributed by atoms with E-state index >= 15 is 0 Å². The Morgan fingerprint density at radius 2 is 1.83 bits per heavy atom. The number of nitrogens with one attached hydrogen (secondary N) is 1. The monoisotopic (exact) mass is 535 g/mol. The Hall–Kier alpha value is -3.19. The van der Waals surface area contributed by atoms with Gasteiger partial charge in [0.05, 0.1) is 5.69 Å². The predicted octanol–water partition coefficient (Wildman–Crippen LogP) is 5.29. The van der Waals surface area contributed by atoms with E-state index in [0.717, 1.165) is 32.9 Å². The van der Waals surface area contributed by atoms with Crippen molar-refractivity contribution in [2.24, 2.45) is 0 Å². The van der Waals surface area contributed by atoms with E-state index in [0.29, 0.717) is 31.6 Å². The number of hydrogen-bond donors (Lipinski definition) is 1. The first-order valence-corrected chi connectivity index (χ1v) is 12.8. The molecule has 0 bridgehead atoms. The highest BCUT2D eigenvalue weighted by molar-refractivity contribution is 9.10. The molecule has 3 aromatic carbocycles. The summed E-state index contributed by atoms with van der Waals surface area (Å²) in [6.45, 7) is 5.12. The van der Waals surface area contributed by atoms with Crippen molar-refractivity contribution < 1.29 is 14.4 Å². The van der Waals surface area contributed by atoms with Crippen LogP contribution < -0.4 is 10.2 Å². The van der Waals surface area contributed by atoms with E-state index in [9.17, 15) is 14.4 Å². The van der Waals surface area contributed by atoms with Crippen LogP contribution in [-0.4, -0.2) is 41.8 Å². The smallest absolute Gasteiger partial charge is 0.258 e. The van der Waals surface area contributed by atoms with Gasteiger partial charge in [0.25, 0.3) is 5.91 Å². The number of amides is 3. The van der Waals surface area contributed by atoms with Gasteiger partial charge in [0, 0.05) is 41.5 Å². The number of nitrogens with zero attached hydrogens (tertiary/aromatic N) is 2. The van der Waals surface area contributed by atoms with Gasteiger partial charge in [0.15, 0.2) is 0 Å². The normalized spacial score (nSPS) is 13.2. The Balaban J connectivity index is 1.45. The van der Waals surface area contributed by atoms with Crippen molar-refractivity contribution in [3.05, 3.63) is 76.3 Å². The first-order chi connectivity index (χ1) is 16.9. The molecule has 3 amide bonds. The quantitative estimate of drug-likeness (QED) is 0.383. The molecule has 0 saturated heterocycles. The van der Waals surface area contributed by atoms with Crippen molar-refractivity contribution >= 4 is 50.1 Å². The number of rotatable bonds is 10. The lowest BCUT2D eigenvalue weighted by molar-refractivity contribution is -0.140. The molecule has 3 aromatic rings. The minimum atomic E-state index is -0.598. The summed E-state index contributed by atoms with van der Waals surface area (Å²) in [4.78, 5) is 42.5. The summed E-state index contributed by atoms with van der Waals surface area (Å²) < 4.78 is 0.923. The summed E-state index contributed by atoms with van der Waals surface area (Å²) in [6.07, 6.45) is 1.58. The van der Waals surface area contributed by atoms with Gasteiger partial charge in [-0.2, -0.15) is 0 Å². The molecule has 0 fully saturated rings. The summed E-state index contributed by atoms with van der Waals surface area (Å²) in [5.41, 5.74) is 2.55. The van der Waals surface area contributed by atoms with Gasteiger partial charge in [-0.05, 0) is 55.0 Å². The third kappa shape index (κ3) is 5.40. The van der Waals surface area contributed by atoms with Crippen LogP contribution in [0.5, 0.6) is 0 Å². The van der Waals surface area contributed by atoms with Crippen molar-refractivity contribution in [2.45, 2.75) is 45.7 Å². The van der Waals surface area contributed by atoms with E-state index in [1.807, 2.05) is 67.6 Å². The van der Waals surface area contributed by atoms with Crippen LogP contribution >= 0.6 is 15.9 Å². The van der Waals surface area contributed by atoms with Crippen LogP contribution in [0.15, 0.2) is 65.1 Å². The zero-order chi connectivity index (χ0) is 24.9. The van der Waals surface area contributed by atoms with Crippen molar-refractivity contribution in [3.8, 4) is 0 Å². The average molecular weight is 536 g/mol. The molecular weight excluding hydrogens is 506 g/mol. The fraction of sp³-hybridized carbons (Fsp3) is 0.321. The van der Waals surface area contributed by atoms with Crippen LogP contribution in [0.3, 0.4) is 0 Å². The average Bonchev–Trinajstić information content (AvgIpc) is 3.13. The van der Waals surface area contributed by atoms with Crippen molar-refractivity contribution in [2.75, 3.05) is 18.0 Å². The first kappa shape index (κ1) is 24.9. The maximum Gasteiger partial charge on any atom is 0.258 e. The molecule has 0 saturated carbocycles. The van der Waals surface area contributed by atoms with Gasteiger partial charge < -0.3 is 15.1 Å². The highest BCUT2D eigenvalue weighted by Gasteiger charge is 2.30. The second-order valence-electron chi connectivity index (χ2n) is 8.86. The molecule has 1 aliphatic rings. The Labute approximate surface area is 214 Å². The summed E-state index contributed by atoms with van der Waals surface area (Å²) in [5, 5.41) is 4.91. The van der Waals surface area contributed by atoms with Gasteiger partial charge in [0.1, 0.15) is 6.04 Å². The number of anilines is 1. The molecule has 6 nitrogen and oxygen atoms in total. The van der Waals surface area contributed by atoms with Gasteiger partial charge in [-0.3, -0.25) is 14.4 Å². The van der Waals surface area contributed by atoms with Crippen LogP contribution in [0.2, 0.25) is 0 Å². The summed E-state index contributed by atoms with van der Waals surface area (Å²) in [7, 11) is 0. The molecule has 7 heteroatoms. The van der Waals surface area contributed by atoms with Crippen molar-refractivity contribution in [3.63, 3.8) is 0 Å². The Morgan fingerprint density at radius 3 is 2.57 bits per heavy atom. The zero-order valence-electron chi connectivity index (χ0n) is 20.1. The number of halogens is 1. The van der Waals surface area contributed by atoms with E-state index in [1.54, 1.807) is 16.7 Å². The van der Waals surface area contributed by atoms with Gasteiger partial charge in [-0.15, -0.1) is 0 Å². The number of carbonyl (C=O) groups is 3. The highest BCUT2D eigenvalue weighted by Crippen LogP contribution is 2.37. The second-order valence-corrected chi connectivity index (χ2v) is 9.78. The molecule has 0 aromatic heterocycles. The van der Waals surface area contributed by atoms with E-state index in [2.05, 4.69) is 21.2 Å². The maximum atomic E-state index is 13.3. The maximum absolute atomic E-state index is 13.3. The SMILES string of the molecule is CCCNC(=O)C(C)N(Cc1cccc(Br)c1)C(=O)CCCN1C(=O)c2cccc3cccc1c23. The number of benzene rings is 3. The molecular formula is C28H30BrN3O3. The molecule has 1 atom stereocenters. The van der Waals surface area contributed by atoms with E-state index in [1.165, 1.54) is 0 Å². The van der Waals surface area contributed by atoms with Crippen LogP contribution in [-0.2, 0) is 16.1 Å².